The molecule has 0 saturated carbocycles. The van der Waals surface area contributed by atoms with Gasteiger partial charge in [-0.1, -0.05) is 41.3 Å². The first-order valence-electron chi connectivity index (χ1n) is 6.78. The molecule has 0 aliphatic carbocycles. The lowest BCUT2D eigenvalue weighted by molar-refractivity contribution is -0.113. The Bertz CT molecular complexity index is 705. The Morgan fingerprint density at radius 1 is 1.39 bits per heavy atom. The second-order valence-corrected chi connectivity index (χ2v) is 6.61. The zero-order chi connectivity index (χ0) is 16.5. The van der Waals surface area contributed by atoms with Crippen molar-refractivity contribution < 1.29 is 4.79 Å². The normalized spacial score (nSPS) is 9.87. The molecule has 0 bridgehead atoms. The monoisotopic (exact) mass is 345 g/mol. The van der Waals surface area contributed by atoms with Gasteiger partial charge in [0.1, 0.15) is 0 Å². The van der Waals surface area contributed by atoms with Crippen LogP contribution in [-0.4, -0.2) is 28.4 Å². The van der Waals surface area contributed by atoms with E-state index in [9.17, 15) is 4.79 Å². The van der Waals surface area contributed by atoms with Crippen molar-refractivity contribution in [3.63, 3.8) is 0 Å². The maximum atomic E-state index is 11.9. The zero-order valence-electron chi connectivity index (χ0n) is 12.3. The molecule has 0 aliphatic rings. The highest BCUT2D eigenvalue weighted by atomic mass is 32.2. The van der Waals surface area contributed by atoms with E-state index < -0.39 is 0 Å². The van der Waals surface area contributed by atoms with Crippen molar-refractivity contribution in [2.45, 2.75) is 10.8 Å². The minimum absolute atomic E-state index is 0.112. The average Bonchev–Trinajstić information content (AvgIpc) is 3.01. The van der Waals surface area contributed by atoms with Crippen LogP contribution in [-0.2, 0) is 11.2 Å². The standard InChI is InChI=1S/C15H15N5OS2/c1-2-9-17-14-19-20-15(23-14)22-10-13(21)18-12-5-3-11(4-6-12)7-8-16/h2-6H,1,7,9-10H2,(H,17,19)(H,18,21). The lowest BCUT2D eigenvalue weighted by atomic mass is 10.1. The van der Waals surface area contributed by atoms with E-state index in [1.807, 2.05) is 12.1 Å². The molecule has 0 fully saturated rings. The lowest BCUT2D eigenvalue weighted by Crippen LogP contribution is -2.13. The van der Waals surface area contributed by atoms with Crippen LogP contribution in [0.1, 0.15) is 5.56 Å². The fourth-order valence-corrected chi connectivity index (χ4v) is 3.18. The van der Waals surface area contributed by atoms with Crippen molar-refractivity contribution >= 4 is 39.8 Å². The van der Waals surface area contributed by atoms with E-state index in [1.165, 1.54) is 23.1 Å². The molecule has 8 heteroatoms. The van der Waals surface area contributed by atoms with Gasteiger partial charge in [0.25, 0.3) is 0 Å². The minimum Gasteiger partial charge on any atom is -0.357 e. The van der Waals surface area contributed by atoms with Crippen molar-refractivity contribution in [3.05, 3.63) is 42.5 Å². The van der Waals surface area contributed by atoms with Gasteiger partial charge < -0.3 is 10.6 Å². The van der Waals surface area contributed by atoms with Gasteiger partial charge in [0, 0.05) is 12.2 Å². The number of nitriles is 1. The first-order chi connectivity index (χ1) is 11.2. The molecule has 0 atom stereocenters. The Balaban J connectivity index is 1.79. The fraction of sp³-hybridized carbons (Fsp3) is 0.200. The molecule has 2 aromatic rings. The van der Waals surface area contributed by atoms with Gasteiger partial charge in [-0.25, -0.2) is 0 Å². The van der Waals surface area contributed by atoms with Crippen LogP contribution < -0.4 is 10.6 Å². The number of nitrogens with one attached hydrogen (secondary N) is 2. The number of rotatable bonds is 8. The van der Waals surface area contributed by atoms with Gasteiger partial charge in [-0.15, -0.1) is 16.8 Å². The second kappa shape index (κ2) is 8.92. The highest BCUT2D eigenvalue weighted by Crippen LogP contribution is 2.25. The lowest BCUT2D eigenvalue weighted by Gasteiger charge is -2.04. The summed E-state index contributed by atoms with van der Waals surface area (Å²) in [6.07, 6.45) is 2.10. The average molecular weight is 345 g/mol. The number of carbonyl (C=O) groups is 1. The Morgan fingerprint density at radius 2 is 2.17 bits per heavy atom. The molecule has 0 spiro atoms. The van der Waals surface area contributed by atoms with E-state index in [0.29, 0.717) is 23.8 Å². The third-order valence-corrected chi connectivity index (χ3v) is 4.67. The van der Waals surface area contributed by atoms with Crippen LogP contribution in [0.5, 0.6) is 0 Å². The largest absolute Gasteiger partial charge is 0.357 e. The number of anilines is 2. The van der Waals surface area contributed by atoms with Crippen molar-refractivity contribution in [2.24, 2.45) is 0 Å². The molecule has 0 aliphatic heterocycles. The minimum atomic E-state index is -0.112. The topological polar surface area (TPSA) is 90.7 Å². The molecule has 0 saturated heterocycles. The summed E-state index contributed by atoms with van der Waals surface area (Å²) < 4.78 is 0.732. The molecule has 2 N–H and O–H groups in total. The summed E-state index contributed by atoms with van der Waals surface area (Å²) in [7, 11) is 0. The van der Waals surface area contributed by atoms with Crippen LogP contribution in [0.25, 0.3) is 0 Å². The van der Waals surface area contributed by atoms with E-state index in [0.717, 1.165) is 9.90 Å². The number of amides is 1. The smallest absolute Gasteiger partial charge is 0.234 e. The zero-order valence-corrected chi connectivity index (χ0v) is 13.9. The number of nitrogens with zero attached hydrogens (tertiary/aromatic N) is 3. The summed E-state index contributed by atoms with van der Waals surface area (Å²) in [5.74, 6) is 0.148. The molecule has 6 nitrogen and oxygen atoms in total. The first kappa shape index (κ1) is 17.0. The number of thioether (sulfide) groups is 1. The molecule has 1 aromatic carbocycles. The predicted molar refractivity (Wildman–Crippen MR) is 93.7 cm³/mol. The highest BCUT2D eigenvalue weighted by molar-refractivity contribution is 8.01. The third-order valence-electron chi connectivity index (χ3n) is 2.65. The van der Waals surface area contributed by atoms with Gasteiger partial charge in [-0.3, -0.25) is 4.79 Å². The van der Waals surface area contributed by atoms with Crippen molar-refractivity contribution in [3.8, 4) is 6.07 Å². The second-order valence-electron chi connectivity index (χ2n) is 4.41. The molecule has 2 rings (SSSR count). The van der Waals surface area contributed by atoms with Crippen LogP contribution in [0.3, 0.4) is 0 Å². The van der Waals surface area contributed by atoms with E-state index in [-0.39, 0.29) is 11.7 Å². The van der Waals surface area contributed by atoms with Gasteiger partial charge in [0.2, 0.25) is 11.0 Å². The van der Waals surface area contributed by atoms with Crippen LogP contribution in [0.4, 0.5) is 10.8 Å². The van der Waals surface area contributed by atoms with E-state index in [2.05, 4.69) is 33.5 Å². The molecule has 1 amide bonds. The molecular weight excluding hydrogens is 330 g/mol. The van der Waals surface area contributed by atoms with Crippen LogP contribution >= 0.6 is 23.1 Å². The summed E-state index contributed by atoms with van der Waals surface area (Å²) >= 11 is 2.74. The summed E-state index contributed by atoms with van der Waals surface area (Å²) in [5, 5.41) is 23.2. The predicted octanol–water partition coefficient (Wildman–Crippen LogP) is 2.93. The van der Waals surface area contributed by atoms with Crippen molar-refractivity contribution in [2.75, 3.05) is 22.9 Å². The molecular formula is C15H15N5OS2. The Hall–Kier alpha value is -2.37. The van der Waals surface area contributed by atoms with Crippen molar-refractivity contribution in [1.29, 1.82) is 5.26 Å². The molecule has 1 heterocycles. The number of benzene rings is 1. The maximum Gasteiger partial charge on any atom is 0.234 e. The number of aromatic nitrogens is 2. The number of hydrogen-bond donors (Lipinski definition) is 2. The quantitative estimate of drug-likeness (QED) is 0.565. The van der Waals surface area contributed by atoms with Crippen LogP contribution in [0.15, 0.2) is 41.3 Å². The SMILES string of the molecule is C=CCNc1nnc(SCC(=O)Nc2ccc(CC#N)cc2)s1. The van der Waals surface area contributed by atoms with Crippen LogP contribution in [0, 0.1) is 11.3 Å². The first-order valence-corrected chi connectivity index (χ1v) is 8.58. The van der Waals surface area contributed by atoms with Crippen molar-refractivity contribution in [1.82, 2.24) is 10.2 Å². The summed E-state index contributed by atoms with van der Waals surface area (Å²) in [4.78, 5) is 11.9. The summed E-state index contributed by atoms with van der Waals surface area (Å²) in [6, 6.07) is 9.32. The Labute approximate surface area is 142 Å². The van der Waals surface area contributed by atoms with Crippen LogP contribution in [0.2, 0.25) is 0 Å². The maximum absolute atomic E-state index is 11.9. The highest BCUT2D eigenvalue weighted by Gasteiger charge is 2.08. The molecule has 0 radical (unpaired) electrons. The molecule has 0 unspecified atom stereocenters. The number of carbonyl (C=O) groups excluding carboxylic acids is 1. The van der Waals surface area contributed by atoms with Gasteiger partial charge in [0.15, 0.2) is 4.34 Å². The summed E-state index contributed by atoms with van der Waals surface area (Å²) in [6.45, 7) is 4.24. The number of hydrogen-bond acceptors (Lipinski definition) is 7. The molecule has 23 heavy (non-hydrogen) atoms. The van der Waals surface area contributed by atoms with E-state index in [4.69, 9.17) is 5.26 Å². The fourth-order valence-electron chi connectivity index (χ4n) is 1.62. The van der Waals surface area contributed by atoms with Gasteiger partial charge in [-0.2, -0.15) is 5.26 Å². The van der Waals surface area contributed by atoms with Gasteiger partial charge >= 0.3 is 0 Å². The Kier molecular flexibility index (Phi) is 6.59. The molecule has 1 aromatic heterocycles. The Morgan fingerprint density at radius 3 is 2.87 bits per heavy atom. The van der Waals surface area contributed by atoms with Gasteiger partial charge in [-0.05, 0) is 17.7 Å². The molecule has 118 valence electrons. The third kappa shape index (κ3) is 5.73. The van der Waals surface area contributed by atoms with E-state index >= 15 is 0 Å². The van der Waals surface area contributed by atoms with E-state index in [1.54, 1.807) is 18.2 Å². The summed E-state index contributed by atoms with van der Waals surface area (Å²) in [5.41, 5.74) is 1.64. The van der Waals surface area contributed by atoms with Gasteiger partial charge in [0.05, 0.1) is 18.2 Å².